The van der Waals surface area contributed by atoms with Gasteiger partial charge >= 0.3 is 0 Å². The number of rotatable bonds is 4. The molecule has 0 bridgehead atoms. The Hall–Kier alpha value is -2.69. The van der Waals surface area contributed by atoms with Gasteiger partial charge in [0, 0.05) is 6.20 Å². The number of nitrogens with zero attached hydrogens (tertiary/aromatic N) is 4. The molecule has 0 saturated heterocycles. The molecule has 1 aromatic carbocycles. The zero-order valence-corrected chi connectivity index (χ0v) is 13.8. The molecule has 0 fully saturated rings. The van der Waals surface area contributed by atoms with Gasteiger partial charge in [0.25, 0.3) is 0 Å². The summed E-state index contributed by atoms with van der Waals surface area (Å²) in [5.41, 5.74) is 3.70. The summed E-state index contributed by atoms with van der Waals surface area (Å²) in [5.74, 6) is 1.73. The molecule has 0 radical (unpaired) electrons. The van der Waals surface area contributed by atoms with Crippen LogP contribution in [0.3, 0.4) is 0 Å². The highest BCUT2D eigenvalue weighted by atomic mass is 16.5. The number of aromatic nitrogens is 2. The summed E-state index contributed by atoms with van der Waals surface area (Å²) in [6.07, 6.45) is 1.99. The van der Waals surface area contributed by atoms with Crippen LogP contribution in [-0.2, 0) is 0 Å². The molecule has 0 aliphatic heterocycles. The first kappa shape index (κ1) is 15.2. The fourth-order valence-corrected chi connectivity index (χ4v) is 2.45. The monoisotopic (exact) mass is 308 g/mol. The van der Waals surface area contributed by atoms with Crippen LogP contribution in [0.2, 0.25) is 0 Å². The Morgan fingerprint density at radius 1 is 1.13 bits per heavy atom. The van der Waals surface area contributed by atoms with Gasteiger partial charge in [-0.2, -0.15) is 0 Å². The Labute approximate surface area is 135 Å². The highest BCUT2D eigenvalue weighted by Crippen LogP contribution is 2.32. The van der Waals surface area contributed by atoms with Crippen molar-refractivity contribution in [2.75, 3.05) is 7.11 Å². The van der Waals surface area contributed by atoms with Gasteiger partial charge in [-0.25, -0.2) is 4.98 Å². The van der Waals surface area contributed by atoms with Crippen LogP contribution < -0.4 is 4.74 Å². The number of para-hydroxylation sites is 1. The Morgan fingerprint density at radius 3 is 2.65 bits per heavy atom. The molecule has 0 N–H and O–H groups in total. The molecule has 0 aliphatic carbocycles. The molecular formula is C18H20N4O. The Morgan fingerprint density at radius 2 is 1.91 bits per heavy atom. The minimum atomic E-state index is 0.266. The van der Waals surface area contributed by atoms with Crippen LogP contribution in [0.4, 0.5) is 11.5 Å². The van der Waals surface area contributed by atoms with E-state index in [1.54, 1.807) is 7.11 Å². The number of pyridine rings is 1. The maximum Gasteiger partial charge on any atom is 0.183 e. The van der Waals surface area contributed by atoms with Crippen molar-refractivity contribution in [1.29, 1.82) is 0 Å². The fourth-order valence-electron chi connectivity index (χ4n) is 2.45. The van der Waals surface area contributed by atoms with Crippen molar-refractivity contribution in [3.05, 3.63) is 53.9 Å². The first-order chi connectivity index (χ1) is 11.1. The van der Waals surface area contributed by atoms with Crippen LogP contribution in [0, 0.1) is 6.92 Å². The second kappa shape index (κ2) is 6.20. The van der Waals surface area contributed by atoms with E-state index in [-0.39, 0.29) is 5.92 Å². The number of aryl methyl sites for hydroxylation is 1. The number of hydrogen-bond donors (Lipinski definition) is 0. The summed E-state index contributed by atoms with van der Waals surface area (Å²) in [6, 6.07) is 11.7. The first-order valence-corrected chi connectivity index (χ1v) is 7.63. The van der Waals surface area contributed by atoms with Crippen LogP contribution in [0.1, 0.15) is 31.0 Å². The summed E-state index contributed by atoms with van der Waals surface area (Å²) >= 11 is 0. The van der Waals surface area contributed by atoms with Gasteiger partial charge in [-0.15, -0.1) is 10.2 Å². The lowest BCUT2D eigenvalue weighted by Crippen LogP contribution is -1.88. The molecule has 3 aromatic rings. The standard InChI is InChI=1S/C18H20N4O/c1-12(2)17-18(22-10-9-13(3)11-16(22)19-17)21-20-14-7-5-6-8-15(14)23-4/h5-12H,1-4H3. The summed E-state index contributed by atoms with van der Waals surface area (Å²) in [5, 5.41) is 8.84. The summed E-state index contributed by atoms with van der Waals surface area (Å²) in [6.45, 7) is 6.27. The highest BCUT2D eigenvalue weighted by molar-refractivity contribution is 5.55. The van der Waals surface area contributed by atoms with E-state index < -0.39 is 0 Å². The third kappa shape index (κ3) is 2.95. The van der Waals surface area contributed by atoms with Gasteiger partial charge in [0.15, 0.2) is 5.82 Å². The summed E-state index contributed by atoms with van der Waals surface area (Å²) in [4.78, 5) is 4.71. The van der Waals surface area contributed by atoms with Crippen molar-refractivity contribution < 1.29 is 4.74 Å². The number of benzene rings is 1. The highest BCUT2D eigenvalue weighted by Gasteiger charge is 2.15. The van der Waals surface area contributed by atoms with Crippen molar-refractivity contribution in [3.8, 4) is 5.75 Å². The van der Waals surface area contributed by atoms with Crippen molar-refractivity contribution in [3.63, 3.8) is 0 Å². The number of imidazole rings is 1. The van der Waals surface area contributed by atoms with Gasteiger partial charge in [0.2, 0.25) is 0 Å². The molecule has 0 spiro atoms. The van der Waals surface area contributed by atoms with E-state index >= 15 is 0 Å². The molecule has 2 aromatic heterocycles. The molecule has 5 nitrogen and oxygen atoms in total. The summed E-state index contributed by atoms with van der Waals surface area (Å²) in [7, 11) is 1.63. The van der Waals surface area contributed by atoms with Crippen LogP contribution in [0.5, 0.6) is 5.75 Å². The van der Waals surface area contributed by atoms with Gasteiger partial charge in [-0.3, -0.25) is 4.40 Å². The van der Waals surface area contributed by atoms with E-state index in [9.17, 15) is 0 Å². The van der Waals surface area contributed by atoms with Crippen LogP contribution in [0.15, 0.2) is 52.8 Å². The van der Waals surface area contributed by atoms with Crippen LogP contribution in [0.25, 0.3) is 5.65 Å². The lowest BCUT2D eigenvalue weighted by molar-refractivity contribution is 0.416. The largest absolute Gasteiger partial charge is 0.494 e. The SMILES string of the molecule is COc1ccccc1N=Nc1c(C(C)C)nc2cc(C)ccn12. The number of hydrogen-bond acceptors (Lipinski definition) is 4. The molecule has 5 heteroatoms. The molecule has 0 aliphatic rings. The first-order valence-electron chi connectivity index (χ1n) is 7.63. The zero-order chi connectivity index (χ0) is 16.4. The van der Waals surface area contributed by atoms with E-state index in [2.05, 4.69) is 31.0 Å². The minimum absolute atomic E-state index is 0.266. The predicted molar refractivity (Wildman–Crippen MR) is 91.2 cm³/mol. The lowest BCUT2D eigenvalue weighted by atomic mass is 10.1. The van der Waals surface area contributed by atoms with Crippen molar-refractivity contribution in [1.82, 2.24) is 9.38 Å². The molecule has 23 heavy (non-hydrogen) atoms. The van der Waals surface area contributed by atoms with Crippen molar-refractivity contribution >= 4 is 17.2 Å². The average molecular weight is 308 g/mol. The van der Waals surface area contributed by atoms with Crippen molar-refractivity contribution in [2.24, 2.45) is 10.2 Å². The Balaban J connectivity index is 2.11. The second-order valence-corrected chi connectivity index (χ2v) is 5.78. The molecule has 2 heterocycles. The van der Waals surface area contributed by atoms with E-state index in [1.807, 2.05) is 47.0 Å². The topological polar surface area (TPSA) is 51.2 Å². The molecule has 0 amide bonds. The third-order valence-electron chi connectivity index (χ3n) is 3.67. The maximum absolute atomic E-state index is 5.32. The van der Waals surface area contributed by atoms with Gasteiger partial charge in [-0.1, -0.05) is 26.0 Å². The smallest absolute Gasteiger partial charge is 0.183 e. The van der Waals surface area contributed by atoms with E-state index in [0.29, 0.717) is 11.4 Å². The summed E-state index contributed by atoms with van der Waals surface area (Å²) < 4.78 is 7.29. The number of methoxy groups -OCH3 is 1. The van der Waals surface area contributed by atoms with E-state index in [1.165, 1.54) is 5.56 Å². The number of ether oxygens (including phenoxy) is 1. The van der Waals surface area contributed by atoms with Crippen LogP contribution in [-0.4, -0.2) is 16.5 Å². The maximum atomic E-state index is 5.32. The second-order valence-electron chi connectivity index (χ2n) is 5.78. The fraction of sp³-hybridized carbons (Fsp3) is 0.278. The predicted octanol–water partition coefficient (Wildman–Crippen LogP) is 5.19. The van der Waals surface area contributed by atoms with Gasteiger partial charge < -0.3 is 4.74 Å². The molecular weight excluding hydrogens is 288 g/mol. The van der Waals surface area contributed by atoms with Crippen LogP contribution >= 0.6 is 0 Å². The molecule has 0 saturated carbocycles. The van der Waals surface area contributed by atoms with Crippen molar-refractivity contribution in [2.45, 2.75) is 26.7 Å². The quantitative estimate of drug-likeness (QED) is 0.623. The lowest BCUT2D eigenvalue weighted by Gasteiger charge is -2.04. The molecule has 118 valence electrons. The van der Waals surface area contributed by atoms with E-state index in [0.717, 1.165) is 17.2 Å². The number of fused-ring (bicyclic) bond motifs is 1. The van der Waals surface area contributed by atoms with E-state index in [4.69, 9.17) is 9.72 Å². The Kier molecular flexibility index (Phi) is 4.10. The molecule has 0 unspecified atom stereocenters. The van der Waals surface area contributed by atoms with Gasteiger partial charge in [0.05, 0.1) is 12.8 Å². The molecule has 0 atom stereocenters. The normalized spacial score (nSPS) is 11.7. The number of azo groups is 1. The minimum Gasteiger partial charge on any atom is -0.494 e. The third-order valence-corrected chi connectivity index (χ3v) is 3.67. The zero-order valence-electron chi connectivity index (χ0n) is 13.8. The van der Waals surface area contributed by atoms with Gasteiger partial charge in [0.1, 0.15) is 17.1 Å². The van der Waals surface area contributed by atoms with Gasteiger partial charge in [-0.05, 0) is 42.7 Å². The molecule has 3 rings (SSSR count). The Bertz CT molecular complexity index is 865. The average Bonchev–Trinajstić information content (AvgIpc) is 2.91.